The minimum Gasteiger partial charge on any atom is -0.497 e. The van der Waals surface area contributed by atoms with Crippen LogP contribution in [-0.2, 0) is 10.0 Å². The highest BCUT2D eigenvalue weighted by molar-refractivity contribution is 7.89. The molecule has 10 nitrogen and oxygen atoms in total. The molecular formula is C20H25N3O7S. The number of rotatable bonds is 9. The van der Waals surface area contributed by atoms with Crippen molar-refractivity contribution >= 4 is 15.7 Å². The summed E-state index contributed by atoms with van der Waals surface area (Å²) in [5.41, 5.74) is -0.264. The van der Waals surface area contributed by atoms with Crippen molar-refractivity contribution in [2.45, 2.75) is 11.0 Å². The average molecular weight is 452 g/mol. The number of nitrogens with zero attached hydrogens (tertiary/aromatic N) is 3. The number of benzene rings is 2. The third-order valence-electron chi connectivity index (χ3n) is 4.97. The molecule has 0 aromatic heterocycles. The molecule has 1 heterocycles. The maximum atomic E-state index is 12.8. The van der Waals surface area contributed by atoms with Crippen LogP contribution in [0.2, 0.25) is 0 Å². The number of methoxy groups -OCH3 is 1. The number of non-ortho nitro benzene ring substituents is 1. The summed E-state index contributed by atoms with van der Waals surface area (Å²) < 4.78 is 37.6. The largest absolute Gasteiger partial charge is 0.497 e. The van der Waals surface area contributed by atoms with Gasteiger partial charge in [0.15, 0.2) is 0 Å². The lowest BCUT2D eigenvalue weighted by Crippen LogP contribution is -2.50. The van der Waals surface area contributed by atoms with Gasteiger partial charge in [-0.25, -0.2) is 8.42 Å². The van der Waals surface area contributed by atoms with Crippen LogP contribution in [-0.4, -0.2) is 80.2 Å². The van der Waals surface area contributed by atoms with Gasteiger partial charge in [-0.05, 0) is 30.3 Å². The number of ether oxygens (including phenoxy) is 2. The monoisotopic (exact) mass is 451 g/mol. The molecule has 0 spiro atoms. The number of piperazine rings is 1. The number of hydrogen-bond donors (Lipinski definition) is 1. The minimum absolute atomic E-state index is 0.0944. The second-order valence-corrected chi connectivity index (χ2v) is 9.04. The molecule has 2 aromatic rings. The van der Waals surface area contributed by atoms with Crippen molar-refractivity contribution in [2.24, 2.45) is 0 Å². The molecule has 31 heavy (non-hydrogen) atoms. The van der Waals surface area contributed by atoms with E-state index in [1.165, 1.54) is 22.5 Å². The van der Waals surface area contributed by atoms with Crippen LogP contribution in [0.25, 0.3) is 0 Å². The van der Waals surface area contributed by atoms with Crippen LogP contribution in [0, 0.1) is 10.1 Å². The van der Waals surface area contributed by atoms with Gasteiger partial charge >= 0.3 is 0 Å². The van der Waals surface area contributed by atoms with Gasteiger partial charge in [-0.1, -0.05) is 6.07 Å². The zero-order valence-electron chi connectivity index (χ0n) is 17.1. The molecule has 3 rings (SSSR count). The summed E-state index contributed by atoms with van der Waals surface area (Å²) in [5.74, 6) is 1.33. The Bertz CT molecular complexity index is 990. The lowest BCUT2D eigenvalue weighted by molar-refractivity contribution is -0.385. The second-order valence-electron chi connectivity index (χ2n) is 7.10. The van der Waals surface area contributed by atoms with Crippen molar-refractivity contribution < 1.29 is 27.9 Å². The van der Waals surface area contributed by atoms with E-state index in [1.807, 2.05) is 4.90 Å². The van der Waals surface area contributed by atoms with Gasteiger partial charge in [0.2, 0.25) is 10.0 Å². The molecule has 1 N–H and O–H groups in total. The van der Waals surface area contributed by atoms with E-state index in [1.54, 1.807) is 31.4 Å². The Balaban J connectivity index is 1.49. The SMILES string of the molecule is COc1ccc(OCC(O)CN2CCN(S(=O)(=O)c3cccc([N+](=O)[O-])c3)CC2)cc1. The fourth-order valence-corrected chi connectivity index (χ4v) is 4.74. The molecule has 1 unspecified atom stereocenters. The number of aliphatic hydroxyl groups excluding tert-OH is 1. The highest BCUT2D eigenvalue weighted by Gasteiger charge is 2.30. The van der Waals surface area contributed by atoms with Crippen LogP contribution < -0.4 is 9.47 Å². The van der Waals surface area contributed by atoms with Gasteiger partial charge in [-0.2, -0.15) is 4.31 Å². The molecule has 168 valence electrons. The molecule has 2 aromatic carbocycles. The quantitative estimate of drug-likeness (QED) is 0.448. The van der Waals surface area contributed by atoms with Crippen molar-refractivity contribution in [2.75, 3.05) is 46.4 Å². The first kappa shape index (κ1) is 22.9. The summed E-state index contributed by atoms with van der Waals surface area (Å²) >= 11 is 0. The maximum Gasteiger partial charge on any atom is 0.270 e. The van der Waals surface area contributed by atoms with Gasteiger partial charge in [0.1, 0.15) is 24.2 Å². The van der Waals surface area contributed by atoms with Gasteiger partial charge in [-0.3, -0.25) is 15.0 Å². The van der Waals surface area contributed by atoms with E-state index in [4.69, 9.17) is 9.47 Å². The van der Waals surface area contributed by atoms with E-state index >= 15 is 0 Å². The van der Waals surface area contributed by atoms with Gasteiger partial charge in [0.05, 0.1) is 16.9 Å². The number of sulfonamides is 1. The number of hydrogen-bond acceptors (Lipinski definition) is 8. The van der Waals surface area contributed by atoms with Crippen molar-refractivity contribution in [1.29, 1.82) is 0 Å². The topological polar surface area (TPSA) is 122 Å². The Morgan fingerprint density at radius 1 is 1.10 bits per heavy atom. The normalized spacial score (nSPS) is 16.6. The molecule has 0 bridgehead atoms. The van der Waals surface area contributed by atoms with Crippen LogP contribution >= 0.6 is 0 Å². The van der Waals surface area contributed by atoms with Crippen molar-refractivity contribution in [3.63, 3.8) is 0 Å². The fraction of sp³-hybridized carbons (Fsp3) is 0.400. The van der Waals surface area contributed by atoms with Crippen LogP contribution in [0.15, 0.2) is 53.4 Å². The Kier molecular flexibility index (Phi) is 7.44. The van der Waals surface area contributed by atoms with Gasteiger partial charge < -0.3 is 14.6 Å². The molecule has 1 aliphatic rings. The molecular weight excluding hydrogens is 426 g/mol. The fourth-order valence-electron chi connectivity index (χ4n) is 3.27. The number of nitro groups is 1. The van der Waals surface area contributed by atoms with Gasteiger partial charge in [0.25, 0.3) is 5.69 Å². The summed E-state index contributed by atoms with van der Waals surface area (Å²) in [6.07, 6.45) is -0.734. The molecule has 1 fully saturated rings. The smallest absolute Gasteiger partial charge is 0.270 e. The van der Waals surface area contributed by atoms with E-state index in [9.17, 15) is 23.6 Å². The molecule has 0 saturated carbocycles. The number of aliphatic hydroxyl groups is 1. The second kappa shape index (κ2) is 10.1. The van der Waals surface area contributed by atoms with Crippen molar-refractivity contribution in [3.8, 4) is 11.5 Å². The minimum atomic E-state index is -3.82. The number of nitro benzene ring substituents is 1. The first-order chi connectivity index (χ1) is 14.8. The third kappa shape index (κ3) is 5.91. The summed E-state index contributed by atoms with van der Waals surface area (Å²) in [6.45, 7) is 1.80. The van der Waals surface area contributed by atoms with Crippen molar-refractivity contribution in [1.82, 2.24) is 9.21 Å². The maximum absolute atomic E-state index is 12.8. The van der Waals surface area contributed by atoms with Gasteiger partial charge in [0, 0.05) is 44.9 Å². The third-order valence-corrected chi connectivity index (χ3v) is 6.86. The zero-order valence-corrected chi connectivity index (χ0v) is 17.9. The summed E-state index contributed by atoms with van der Waals surface area (Å²) in [5, 5.41) is 21.2. The van der Waals surface area contributed by atoms with Crippen LogP contribution in [0.3, 0.4) is 0 Å². The lowest BCUT2D eigenvalue weighted by Gasteiger charge is -2.34. The van der Waals surface area contributed by atoms with Crippen molar-refractivity contribution in [3.05, 3.63) is 58.6 Å². The summed E-state index contributed by atoms with van der Waals surface area (Å²) in [7, 11) is -2.24. The van der Waals surface area contributed by atoms with E-state index < -0.39 is 21.1 Å². The van der Waals surface area contributed by atoms with E-state index in [0.29, 0.717) is 31.1 Å². The molecule has 1 aliphatic heterocycles. The van der Waals surface area contributed by atoms with E-state index in [0.717, 1.165) is 6.07 Å². The Morgan fingerprint density at radius 2 is 1.74 bits per heavy atom. The molecule has 0 amide bonds. The van der Waals surface area contributed by atoms with Gasteiger partial charge in [-0.15, -0.1) is 0 Å². The molecule has 1 atom stereocenters. The first-order valence-electron chi connectivity index (χ1n) is 9.71. The van der Waals surface area contributed by atoms with E-state index in [-0.39, 0.29) is 30.3 Å². The highest BCUT2D eigenvalue weighted by Crippen LogP contribution is 2.22. The molecule has 0 aliphatic carbocycles. The molecule has 1 saturated heterocycles. The first-order valence-corrected chi connectivity index (χ1v) is 11.2. The lowest BCUT2D eigenvalue weighted by atomic mass is 10.3. The standard InChI is InChI=1S/C20H25N3O7S/c1-29-18-5-7-19(8-6-18)30-15-17(24)14-21-9-11-22(12-10-21)31(27,28)20-4-2-3-16(13-20)23(25)26/h2-8,13,17,24H,9-12,14-15H2,1H3. The zero-order chi connectivity index (χ0) is 22.4. The Hall–Kier alpha value is -2.73. The predicted octanol–water partition coefficient (Wildman–Crippen LogP) is 1.35. The Labute approximate surface area is 180 Å². The molecule has 11 heteroatoms. The molecule has 0 radical (unpaired) electrons. The Morgan fingerprint density at radius 3 is 2.35 bits per heavy atom. The summed E-state index contributed by atoms with van der Waals surface area (Å²) in [4.78, 5) is 12.2. The van der Waals surface area contributed by atoms with E-state index in [2.05, 4.69) is 0 Å². The predicted molar refractivity (Wildman–Crippen MR) is 113 cm³/mol. The average Bonchev–Trinajstić information content (AvgIpc) is 2.78. The van der Waals surface area contributed by atoms with Crippen LogP contribution in [0.1, 0.15) is 0 Å². The highest BCUT2D eigenvalue weighted by atomic mass is 32.2. The van der Waals surface area contributed by atoms with Crippen LogP contribution in [0.5, 0.6) is 11.5 Å². The number of β-amino-alcohol motifs (C(OH)–C–C–N with tert-alkyl or cyclic N) is 1. The van der Waals surface area contributed by atoms with Crippen LogP contribution in [0.4, 0.5) is 5.69 Å². The summed E-state index contributed by atoms with van der Waals surface area (Å²) in [6, 6.07) is 12.1.